The van der Waals surface area contributed by atoms with Gasteiger partial charge in [0.15, 0.2) is 0 Å². The lowest BCUT2D eigenvalue weighted by atomic mass is 10.1. The highest BCUT2D eigenvalue weighted by Crippen LogP contribution is 2.24. The van der Waals surface area contributed by atoms with Crippen molar-refractivity contribution in [1.29, 1.82) is 0 Å². The van der Waals surface area contributed by atoms with E-state index in [4.69, 9.17) is 11.6 Å². The molecule has 82 valence electrons. The molecule has 5 heteroatoms. The Kier molecular flexibility index (Phi) is 2.92. The summed E-state index contributed by atoms with van der Waals surface area (Å²) in [6.07, 6.45) is 3.41. The van der Waals surface area contributed by atoms with Crippen molar-refractivity contribution in [1.82, 2.24) is 10.2 Å². The highest BCUT2D eigenvalue weighted by atomic mass is 35.5. The molecule has 16 heavy (non-hydrogen) atoms. The van der Waals surface area contributed by atoms with Gasteiger partial charge < -0.3 is 4.74 Å². The number of ether oxygens (including phenoxy) is 1. The fourth-order valence-electron chi connectivity index (χ4n) is 1.38. The van der Waals surface area contributed by atoms with Gasteiger partial charge in [-0.3, -0.25) is 5.10 Å². The van der Waals surface area contributed by atoms with Crippen molar-refractivity contribution in [3.8, 4) is 11.1 Å². The first-order valence-corrected chi connectivity index (χ1v) is 4.97. The van der Waals surface area contributed by atoms with Gasteiger partial charge in [-0.2, -0.15) is 5.10 Å². The van der Waals surface area contributed by atoms with Gasteiger partial charge in [-0.1, -0.05) is 17.7 Å². The van der Waals surface area contributed by atoms with Gasteiger partial charge in [-0.25, -0.2) is 4.79 Å². The number of esters is 1. The average molecular weight is 237 g/mol. The van der Waals surface area contributed by atoms with Crippen LogP contribution in [0, 0.1) is 0 Å². The van der Waals surface area contributed by atoms with E-state index in [0.29, 0.717) is 10.6 Å². The van der Waals surface area contributed by atoms with Gasteiger partial charge in [-0.15, -0.1) is 0 Å². The zero-order valence-corrected chi connectivity index (χ0v) is 9.28. The number of H-pyrrole nitrogens is 1. The van der Waals surface area contributed by atoms with Crippen molar-refractivity contribution < 1.29 is 9.53 Å². The van der Waals surface area contributed by atoms with Crippen LogP contribution in [0.15, 0.2) is 30.6 Å². The van der Waals surface area contributed by atoms with E-state index < -0.39 is 5.97 Å². The Morgan fingerprint density at radius 2 is 2.25 bits per heavy atom. The maximum atomic E-state index is 11.4. The average Bonchev–Trinajstić information content (AvgIpc) is 2.82. The number of nitrogens with zero attached hydrogens (tertiary/aromatic N) is 1. The molecule has 0 unspecified atom stereocenters. The van der Waals surface area contributed by atoms with E-state index in [0.717, 1.165) is 11.1 Å². The Hall–Kier alpha value is -1.81. The molecule has 0 amide bonds. The van der Waals surface area contributed by atoms with Crippen LogP contribution >= 0.6 is 11.6 Å². The predicted molar refractivity (Wildman–Crippen MR) is 60.4 cm³/mol. The SMILES string of the molecule is COC(=O)c1cc(-c2cn[nH]c2)ccc1Cl. The molecule has 0 aliphatic rings. The van der Waals surface area contributed by atoms with Crippen molar-refractivity contribution in [2.24, 2.45) is 0 Å². The first-order chi connectivity index (χ1) is 7.72. The fourth-order valence-corrected chi connectivity index (χ4v) is 1.57. The molecule has 1 heterocycles. The maximum Gasteiger partial charge on any atom is 0.339 e. The van der Waals surface area contributed by atoms with Crippen molar-refractivity contribution in [3.05, 3.63) is 41.2 Å². The van der Waals surface area contributed by atoms with Crippen molar-refractivity contribution in [3.63, 3.8) is 0 Å². The summed E-state index contributed by atoms with van der Waals surface area (Å²) in [6, 6.07) is 5.16. The number of rotatable bonds is 2. The van der Waals surface area contributed by atoms with E-state index in [1.54, 1.807) is 24.5 Å². The van der Waals surface area contributed by atoms with Crippen molar-refractivity contribution in [2.75, 3.05) is 7.11 Å². The van der Waals surface area contributed by atoms with Crippen LogP contribution < -0.4 is 0 Å². The second-order valence-corrected chi connectivity index (χ2v) is 3.58. The number of halogens is 1. The topological polar surface area (TPSA) is 55.0 Å². The summed E-state index contributed by atoms with van der Waals surface area (Å²) in [7, 11) is 1.32. The van der Waals surface area contributed by atoms with Crippen LogP contribution in [-0.2, 0) is 4.74 Å². The van der Waals surface area contributed by atoms with Crippen molar-refractivity contribution >= 4 is 17.6 Å². The zero-order chi connectivity index (χ0) is 11.5. The number of carbonyl (C=O) groups is 1. The molecule has 0 fully saturated rings. The van der Waals surface area contributed by atoms with Crippen LogP contribution in [0.1, 0.15) is 10.4 Å². The lowest BCUT2D eigenvalue weighted by Crippen LogP contribution is -2.02. The lowest BCUT2D eigenvalue weighted by molar-refractivity contribution is 0.0601. The molecular formula is C11H9ClN2O2. The van der Waals surface area contributed by atoms with Crippen LogP contribution in [0.4, 0.5) is 0 Å². The highest BCUT2D eigenvalue weighted by molar-refractivity contribution is 6.33. The molecule has 2 rings (SSSR count). The molecule has 1 aromatic heterocycles. The number of benzene rings is 1. The summed E-state index contributed by atoms with van der Waals surface area (Å²) in [6.45, 7) is 0. The van der Waals surface area contributed by atoms with E-state index in [1.807, 2.05) is 6.07 Å². The summed E-state index contributed by atoms with van der Waals surface area (Å²) in [5, 5.41) is 6.92. The Morgan fingerprint density at radius 3 is 2.88 bits per heavy atom. The smallest absolute Gasteiger partial charge is 0.339 e. The van der Waals surface area contributed by atoms with Gasteiger partial charge in [0.2, 0.25) is 0 Å². The van der Waals surface area contributed by atoms with Crippen LogP contribution in [-0.4, -0.2) is 23.3 Å². The molecule has 1 aromatic carbocycles. The summed E-state index contributed by atoms with van der Waals surface area (Å²) >= 11 is 5.91. The minimum absolute atomic E-state index is 0.350. The molecular weight excluding hydrogens is 228 g/mol. The van der Waals surface area contributed by atoms with Gasteiger partial charge in [0.25, 0.3) is 0 Å². The number of hydrogen-bond donors (Lipinski definition) is 1. The zero-order valence-electron chi connectivity index (χ0n) is 8.53. The number of nitrogens with one attached hydrogen (secondary N) is 1. The van der Waals surface area contributed by atoms with E-state index in [2.05, 4.69) is 14.9 Å². The summed E-state index contributed by atoms with van der Waals surface area (Å²) in [5.74, 6) is -0.449. The van der Waals surface area contributed by atoms with Crippen LogP contribution in [0.25, 0.3) is 11.1 Å². The Labute approximate surface area is 97.2 Å². The van der Waals surface area contributed by atoms with Gasteiger partial charge in [-0.05, 0) is 17.7 Å². The van der Waals surface area contributed by atoms with E-state index in [9.17, 15) is 4.79 Å². The van der Waals surface area contributed by atoms with Crippen LogP contribution in [0.2, 0.25) is 5.02 Å². The summed E-state index contributed by atoms with van der Waals surface area (Å²) in [4.78, 5) is 11.4. The molecule has 0 spiro atoms. The minimum atomic E-state index is -0.449. The molecule has 0 saturated carbocycles. The standard InChI is InChI=1S/C11H9ClN2O2/c1-16-11(15)9-4-7(2-3-10(9)12)8-5-13-14-6-8/h2-6H,1H3,(H,13,14). The number of hydrogen-bond acceptors (Lipinski definition) is 3. The van der Waals surface area contributed by atoms with Crippen LogP contribution in [0.5, 0.6) is 0 Å². The second kappa shape index (κ2) is 4.37. The minimum Gasteiger partial charge on any atom is -0.465 e. The molecule has 2 aromatic rings. The van der Waals surface area contributed by atoms with Crippen molar-refractivity contribution in [2.45, 2.75) is 0 Å². The third-order valence-electron chi connectivity index (χ3n) is 2.20. The molecule has 0 aliphatic carbocycles. The second-order valence-electron chi connectivity index (χ2n) is 3.17. The molecule has 0 aliphatic heterocycles. The third-order valence-corrected chi connectivity index (χ3v) is 2.53. The number of carbonyl (C=O) groups excluding carboxylic acids is 1. The third kappa shape index (κ3) is 1.92. The largest absolute Gasteiger partial charge is 0.465 e. The summed E-state index contributed by atoms with van der Waals surface area (Å²) < 4.78 is 4.64. The van der Waals surface area contributed by atoms with Gasteiger partial charge >= 0.3 is 5.97 Å². The maximum absolute atomic E-state index is 11.4. The Balaban J connectivity index is 2.47. The molecule has 4 nitrogen and oxygen atoms in total. The number of aromatic nitrogens is 2. The van der Waals surface area contributed by atoms with E-state index in [1.165, 1.54) is 7.11 Å². The van der Waals surface area contributed by atoms with Gasteiger partial charge in [0, 0.05) is 11.8 Å². The Morgan fingerprint density at radius 1 is 1.44 bits per heavy atom. The van der Waals surface area contributed by atoms with E-state index in [-0.39, 0.29) is 0 Å². The quantitative estimate of drug-likeness (QED) is 0.816. The first kappa shape index (κ1) is 10.7. The van der Waals surface area contributed by atoms with E-state index >= 15 is 0 Å². The molecule has 0 atom stereocenters. The number of aromatic amines is 1. The summed E-state index contributed by atoms with van der Waals surface area (Å²) in [5.41, 5.74) is 2.10. The van der Waals surface area contributed by atoms with Gasteiger partial charge in [0.1, 0.15) is 0 Å². The first-order valence-electron chi connectivity index (χ1n) is 4.59. The fraction of sp³-hybridized carbons (Fsp3) is 0.0909. The normalized spacial score (nSPS) is 10.1. The monoisotopic (exact) mass is 236 g/mol. The number of methoxy groups -OCH3 is 1. The molecule has 0 radical (unpaired) electrons. The predicted octanol–water partition coefficient (Wildman–Crippen LogP) is 2.52. The lowest BCUT2D eigenvalue weighted by Gasteiger charge is -2.04. The molecule has 0 bridgehead atoms. The Bertz CT molecular complexity index is 509. The van der Waals surface area contributed by atoms with Crippen LogP contribution in [0.3, 0.4) is 0 Å². The highest BCUT2D eigenvalue weighted by Gasteiger charge is 2.12. The molecule has 1 N–H and O–H groups in total. The molecule has 0 saturated heterocycles. The van der Waals surface area contributed by atoms with Gasteiger partial charge in [0.05, 0.1) is 23.9 Å².